The maximum Gasteiger partial charge on any atom is 0.0781 e. The van der Waals surface area contributed by atoms with E-state index in [1.165, 1.54) is 5.57 Å². The normalized spacial score (nSPS) is 21.7. The fourth-order valence-corrected chi connectivity index (χ4v) is 2.74. The molecule has 0 radical (unpaired) electrons. The van der Waals surface area contributed by atoms with Crippen LogP contribution in [0.1, 0.15) is 38.3 Å². The Bertz CT molecular complexity index is 398. The summed E-state index contributed by atoms with van der Waals surface area (Å²) >= 11 is 3.53. The second-order valence-corrected chi connectivity index (χ2v) is 5.02. The molecule has 0 aliphatic heterocycles. The summed E-state index contributed by atoms with van der Waals surface area (Å²) < 4.78 is 3.00. The summed E-state index contributed by atoms with van der Waals surface area (Å²) in [5.41, 5.74) is 2.35. The average molecular weight is 285 g/mol. The third-order valence-corrected chi connectivity index (χ3v) is 3.57. The van der Waals surface area contributed by atoms with Crippen molar-refractivity contribution in [1.82, 2.24) is 9.78 Å². The average Bonchev–Trinajstić information content (AvgIpc) is 2.50. The molecule has 0 saturated heterocycles. The summed E-state index contributed by atoms with van der Waals surface area (Å²) in [7, 11) is 0. The van der Waals surface area contributed by atoms with Gasteiger partial charge < -0.3 is 5.11 Å². The minimum atomic E-state index is -0.301. The monoisotopic (exact) mass is 284 g/mol. The first-order chi connectivity index (χ1) is 7.72. The molecule has 3 nitrogen and oxygen atoms in total. The maximum absolute atomic E-state index is 9.79. The van der Waals surface area contributed by atoms with E-state index in [9.17, 15) is 5.11 Å². The van der Waals surface area contributed by atoms with Crippen LogP contribution < -0.4 is 0 Å². The Hall–Kier alpha value is -0.610. The highest BCUT2D eigenvalue weighted by molar-refractivity contribution is 9.10. The van der Waals surface area contributed by atoms with Gasteiger partial charge in [0.25, 0.3) is 0 Å². The molecule has 0 saturated carbocycles. The molecule has 2 rings (SSSR count). The summed E-state index contributed by atoms with van der Waals surface area (Å²) in [5, 5.41) is 14.1. The van der Waals surface area contributed by atoms with Crippen molar-refractivity contribution < 1.29 is 5.11 Å². The number of aliphatic hydroxyl groups excluding tert-OH is 1. The Labute approximate surface area is 104 Å². The first kappa shape index (κ1) is 11.9. The van der Waals surface area contributed by atoms with E-state index in [1.54, 1.807) is 0 Å². The molecule has 1 aromatic rings. The third-order valence-electron chi connectivity index (χ3n) is 2.99. The summed E-state index contributed by atoms with van der Waals surface area (Å²) in [4.78, 5) is 0. The van der Waals surface area contributed by atoms with Gasteiger partial charge in [-0.1, -0.05) is 12.5 Å². The van der Waals surface area contributed by atoms with Gasteiger partial charge in [-0.15, -0.1) is 0 Å². The Morgan fingerprint density at radius 2 is 2.38 bits per heavy atom. The van der Waals surface area contributed by atoms with Crippen molar-refractivity contribution in [3.05, 3.63) is 22.4 Å². The zero-order chi connectivity index (χ0) is 11.5. The lowest BCUT2D eigenvalue weighted by Crippen LogP contribution is -2.04. The van der Waals surface area contributed by atoms with Gasteiger partial charge in [0, 0.05) is 6.54 Å². The van der Waals surface area contributed by atoms with Crippen LogP contribution in [0.2, 0.25) is 0 Å². The summed E-state index contributed by atoms with van der Waals surface area (Å²) in [5.74, 6) is 0. The molecule has 4 heteroatoms. The van der Waals surface area contributed by atoms with Crippen LogP contribution in [0.5, 0.6) is 0 Å². The Morgan fingerprint density at radius 3 is 3.12 bits per heavy atom. The van der Waals surface area contributed by atoms with Crippen molar-refractivity contribution in [2.24, 2.45) is 0 Å². The van der Waals surface area contributed by atoms with Crippen molar-refractivity contribution >= 4 is 21.5 Å². The molecule has 88 valence electrons. The van der Waals surface area contributed by atoms with E-state index in [0.717, 1.165) is 42.4 Å². The highest BCUT2D eigenvalue weighted by Gasteiger charge is 2.16. The standard InChI is InChI=1S/C12H17BrN2O/c1-2-15-12(11(13)8-14-15)9-5-3-4-6-10(16)7-9/h7-8,10,16H,2-6H2,1H3. The zero-order valence-corrected chi connectivity index (χ0v) is 11.1. The SMILES string of the molecule is CCn1ncc(Br)c1C1=CC(O)CCCC1. The van der Waals surface area contributed by atoms with Crippen LogP contribution in [0.15, 0.2) is 16.7 Å². The summed E-state index contributed by atoms with van der Waals surface area (Å²) in [6, 6.07) is 0. The Kier molecular flexibility index (Phi) is 3.82. The molecule has 1 heterocycles. The lowest BCUT2D eigenvalue weighted by molar-refractivity contribution is 0.211. The number of aryl methyl sites for hydroxylation is 1. The van der Waals surface area contributed by atoms with Crippen molar-refractivity contribution in [1.29, 1.82) is 0 Å². The number of rotatable bonds is 2. The van der Waals surface area contributed by atoms with Gasteiger partial charge in [-0.25, -0.2) is 0 Å². The minimum absolute atomic E-state index is 0.301. The highest BCUT2D eigenvalue weighted by Crippen LogP contribution is 2.31. The maximum atomic E-state index is 9.79. The van der Waals surface area contributed by atoms with Crippen LogP contribution in [0.25, 0.3) is 5.57 Å². The van der Waals surface area contributed by atoms with Crippen molar-refractivity contribution in [3.8, 4) is 0 Å². The van der Waals surface area contributed by atoms with Crippen LogP contribution in [0.4, 0.5) is 0 Å². The lowest BCUT2D eigenvalue weighted by Gasteiger charge is -2.09. The molecule has 0 amide bonds. The molecule has 0 bridgehead atoms. The highest BCUT2D eigenvalue weighted by atomic mass is 79.9. The third kappa shape index (κ3) is 2.38. The number of hydrogen-bond acceptors (Lipinski definition) is 2. The predicted molar refractivity (Wildman–Crippen MR) is 68.1 cm³/mol. The second kappa shape index (κ2) is 5.15. The van der Waals surface area contributed by atoms with E-state index in [2.05, 4.69) is 28.0 Å². The molecule has 0 aromatic carbocycles. The first-order valence-corrected chi connectivity index (χ1v) is 6.62. The van der Waals surface area contributed by atoms with Crippen LogP contribution in [-0.4, -0.2) is 21.0 Å². The van der Waals surface area contributed by atoms with Crippen LogP contribution in [0.3, 0.4) is 0 Å². The van der Waals surface area contributed by atoms with Gasteiger partial charge in [-0.05, 0) is 47.7 Å². The van der Waals surface area contributed by atoms with Crippen LogP contribution in [0, 0.1) is 0 Å². The van der Waals surface area contributed by atoms with E-state index in [-0.39, 0.29) is 6.10 Å². The van der Waals surface area contributed by atoms with Gasteiger partial charge in [0.2, 0.25) is 0 Å². The summed E-state index contributed by atoms with van der Waals surface area (Å²) in [6.45, 7) is 2.94. The van der Waals surface area contributed by atoms with Crippen LogP contribution >= 0.6 is 15.9 Å². The number of hydrogen-bond donors (Lipinski definition) is 1. The first-order valence-electron chi connectivity index (χ1n) is 5.82. The van der Waals surface area contributed by atoms with Crippen molar-refractivity contribution in [3.63, 3.8) is 0 Å². The molecular formula is C12H17BrN2O. The fraction of sp³-hybridized carbons (Fsp3) is 0.583. The van der Waals surface area contributed by atoms with Crippen molar-refractivity contribution in [2.75, 3.05) is 0 Å². The molecule has 1 aromatic heterocycles. The molecule has 1 N–H and O–H groups in total. The lowest BCUT2D eigenvalue weighted by atomic mass is 10.1. The van der Waals surface area contributed by atoms with Gasteiger partial charge in [-0.3, -0.25) is 4.68 Å². The van der Waals surface area contributed by atoms with Gasteiger partial charge in [0.05, 0.1) is 22.5 Å². The smallest absolute Gasteiger partial charge is 0.0781 e. The number of halogens is 1. The number of aliphatic hydroxyl groups is 1. The van der Waals surface area contributed by atoms with Crippen molar-refractivity contribution in [2.45, 2.75) is 45.3 Å². The van der Waals surface area contributed by atoms with Gasteiger partial charge in [0.15, 0.2) is 0 Å². The second-order valence-electron chi connectivity index (χ2n) is 4.16. The Balaban J connectivity index is 2.37. The minimum Gasteiger partial charge on any atom is -0.389 e. The molecular weight excluding hydrogens is 268 g/mol. The fourth-order valence-electron chi connectivity index (χ4n) is 2.19. The number of allylic oxidation sites excluding steroid dienone is 1. The van der Waals surface area contributed by atoms with E-state index in [0.29, 0.717) is 0 Å². The molecule has 1 aliphatic rings. The molecule has 1 atom stereocenters. The molecule has 16 heavy (non-hydrogen) atoms. The predicted octanol–water partition coefficient (Wildman–Crippen LogP) is 2.98. The topological polar surface area (TPSA) is 38.0 Å². The number of aromatic nitrogens is 2. The van der Waals surface area contributed by atoms with Gasteiger partial charge >= 0.3 is 0 Å². The molecule has 0 spiro atoms. The largest absolute Gasteiger partial charge is 0.389 e. The molecule has 1 unspecified atom stereocenters. The zero-order valence-electron chi connectivity index (χ0n) is 9.49. The van der Waals surface area contributed by atoms with Gasteiger partial charge in [0.1, 0.15) is 0 Å². The number of nitrogens with zero attached hydrogens (tertiary/aromatic N) is 2. The van der Waals surface area contributed by atoms with E-state index < -0.39 is 0 Å². The van der Waals surface area contributed by atoms with Crippen LogP contribution in [-0.2, 0) is 6.54 Å². The van der Waals surface area contributed by atoms with E-state index in [4.69, 9.17) is 0 Å². The molecule has 1 aliphatic carbocycles. The molecule has 0 fully saturated rings. The van der Waals surface area contributed by atoms with E-state index >= 15 is 0 Å². The van der Waals surface area contributed by atoms with E-state index in [1.807, 2.05) is 17.0 Å². The Morgan fingerprint density at radius 1 is 1.56 bits per heavy atom. The summed E-state index contributed by atoms with van der Waals surface area (Å²) in [6.07, 6.45) is 7.66. The quantitative estimate of drug-likeness (QED) is 0.907. The van der Waals surface area contributed by atoms with Gasteiger partial charge in [-0.2, -0.15) is 5.10 Å².